The third-order valence-electron chi connectivity index (χ3n) is 5.55. The van der Waals surface area contributed by atoms with Crippen LogP contribution in [0, 0.1) is 11.6 Å². The standard InChI is InChI=1S/C19H17F2N3O3/c20-11-1-2-13(21)16(7-11)26-12-8-19(9-12)18(25)24-15(3-4-17(24)27-19)14-10-22-5-6-23-14/h1-2,5-7,10,12,15,17H,3-4,8-9H2/t12?,15-,17+,19?/m0/s1. The van der Waals surface area contributed by atoms with E-state index < -0.39 is 17.2 Å². The molecule has 1 saturated carbocycles. The van der Waals surface area contributed by atoms with Crippen LogP contribution < -0.4 is 4.74 Å². The van der Waals surface area contributed by atoms with Gasteiger partial charge in [0.2, 0.25) is 0 Å². The van der Waals surface area contributed by atoms with E-state index in [2.05, 4.69) is 9.97 Å². The number of halogens is 2. The molecular weight excluding hydrogens is 356 g/mol. The molecule has 3 aliphatic rings. The van der Waals surface area contributed by atoms with Crippen LogP contribution >= 0.6 is 0 Å². The van der Waals surface area contributed by atoms with E-state index in [9.17, 15) is 13.6 Å². The van der Waals surface area contributed by atoms with E-state index in [1.165, 1.54) is 0 Å². The zero-order chi connectivity index (χ0) is 18.6. The van der Waals surface area contributed by atoms with Gasteiger partial charge in [-0.05, 0) is 25.0 Å². The molecule has 8 heteroatoms. The molecule has 0 bridgehead atoms. The van der Waals surface area contributed by atoms with Crippen LogP contribution in [0.5, 0.6) is 5.75 Å². The Morgan fingerprint density at radius 1 is 1.22 bits per heavy atom. The fraction of sp³-hybridized carbons (Fsp3) is 0.421. The first-order chi connectivity index (χ1) is 13.1. The Hall–Kier alpha value is -2.61. The number of ether oxygens (including phenoxy) is 2. The van der Waals surface area contributed by atoms with Crippen molar-refractivity contribution in [2.45, 2.75) is 49.7 Å². The second kappa shape index (κ2) is 5.95. The van der Waals surface area contributed by atoms with Crippen molar-refractivity contribution in [3.05, 3.63) is 54.1 Å². The summed E-state index contributed by atoms with van der Waals surface area (Å²) >= 11 is 0. The maximum absolute atomic E-state index is 13.8. The summed E-state index contributed by atoms with van der Waals surface area (Å²) in [6.45, 7) is 0. The van der Waals surface area contributed by atoms with Gasteiger partial charge < -0.3 is 14.4 Å². The molecule has 1 amide bonds. The van der Waals surface area contributed by atoms with Crippen molar-refractivity contribution in [2.24, 2.45) is 0 Å². The summed E-state index contributed by atoms with van der Waals surface area (Å²) in [7, 11) is 0. The zero-order valence-corrected chi connectivity index (χ0v) is 14.3. The first-order valence-electron chi connectivity index (χ1n) is 8.94. The van der Waals surface area contributed by atoms with Gasteiger partial charge in [0.25, 0.3) is 5.91 Å². The Morgan fingerprint density at radius 3 is 2.85 bits per heavy atom. The molecule has 5 rings (SSSR count). The second-order valence-corrected chi connectivity index (χ2v) is 7.23. The van der Waals surface area contributed by atoms with Crippen molar-refractivity contribution in [3.8, 4) is 5.75 Å². The first kappa shape index (κ1) is 16.6. The summed E-state index contributed by atoms with van der Waals surface area (Å²) in [5, 5.41) is 0. The summed E-state index contributed by atoms with van der Waals surface area (Å²) in [5.41, 5.74) is -0.178. The first-order valence-corrected chi connectivity index (χ1v) is 8.94. The molecule has 0 unspecified atom stereocenters. The van der Waals surface area contributed by atoms with Crippen LogP contribution in [-0.2, 0) is 9.53 Å². The van der Waals surface area contributed by atoms with E-state index in [0.29, 0.717) is 12.8 Å². The normalized spacial score (nSPS) is 31.9. The lowest BCUT2D eigenvalue weighted by Gasteiger charge is -2.42. The molecule has 6 nitrogen and oxygen atoms in total. The number of carbonyl (C=O) groups excluding carboxylic acids is 1. The maximum atomic E-state index is 13.8. The van der Waals surface area contributed by atoms with Gasteiger partial charge in [0.15, 0.2) is 17.2 Å². The van der Waals surface area contributed by atoms with Gasteiger partial charge in [0.05, 0.1) is 17.9 Å². The molecular formula is C19H17F2N3O3. The molecule has 3 fully saturated rings. The molecule has 27 heavy (non-hydrogen) atoms. The Kier molecular flexibility index (Phi) is 3.65. The molecule has 2 atom stereocenters. The molecule has 0 radical (unpaired) electrons. The van der Waals surface area contributed by atoms with Gasteiger partial charge in [-0.2, -0.15) is 0 Å². The largest absolute Gasteiger partial charge is 0.487 e. The lowest BCUT2D eigenvalue weighted by molar-refractivity contribution is -0.162. The molecule has 1 aromatic heterocycles. The lowest BCUT2D eigenvalue weighted by Crippen LogP contribution is -2.56. The lowest BCUT2D eigenvalue weighted by atomic mass is 9.76. The third-order valence-corrected chi connectivity index (χ3v) is 5.55. The molecule has 1 aromatic carbocycles. The van der Waals surface area contributed by atoms with Crippen LogP contribution in [0.15, 0.2) is 36.8 Å². The molecule has 140 valence electrons. The highest BCUT2D eigenvalue weighted by Gasteiger charge is 2.63. The van der Waals surface area contributed by atoms with Gasteiger partial charge in [0, 0.05) is 31.3 Å². The third kappa shape index (κ3) is 2.58. The van der Waals surface area contributed by atoms with Crippen LogP contribution in [0.2, 0.25) is 0 Å². The summed E-state index contributed by atoms with van der Waals surface area (Å²) < 4.78 is 38.7. The zero-order valence-electron chi connectivity index (χ0n) is 14.3. The monoisotopic (exact) mass is 373 g/mol. The van der Waals surface area contributed by atoms with Crippen LogP contribution in [-0.4, -0.2) is 38.7 Å². The summed E-state index contributed by atoms with van der Waals surface area (Å²) in [4.78, 5) is 23.2. The topological polar surface area (TPSA) is 64.6 Å². The number of carbonyl (C=O) groups is 1. The minimum absolute atomic E-state index is 0.0831. The van der Waals surface area contributed by atoms with Crippen molar-refractivity contribution < 1.29 is 23.0 Å². The highest BCUT2D eigenvalue weighted by Crippen LogP contribution is 2.51. The van der Waals surface area contributed by atoms with Gasteiger partial charge in [0.1, 0.15) is 18.1 Å². The molecule has 2 aromatic rings. The van der Waals surface area contributed by atoms with Gasteiger partial charge in [-0.15, -0.1) is 0 Å². The predicted octanol–water partition coefficient (Wildman–Crippen LogP) is 2.75. The Labute approximate surface area is 154 Å². The van der Waals surface area contributed by atoms with E-state index in [1.807, 2.05) is 0 Å². The van der Waals surface area contributed by atoms with Gasteiger partial charge in [-0.1, -0.05) is 0 Å². The number of rotatable bonds is 3. The number of fused-ring (bicyclic) bond motifs is 1. The summed E-state index contributed by atoms with van der Waals surface area (Å²) in [6, 6.07) is 2.93. The second-order valence-electron chi connectivity index (χ2n) is 7.23. The highest BCUT2D eigenvalue weighted by atomic mass is 19.1. The van der Waals surface area contributed by atoms with E-state index in [4.69, 9.17) is 9.47 Å². The Balaban J connectivity index is 1.30. The maximum Gasteiger partial charge on any atom is 0.257 e. The van der Waals surface area contributed by atoms with Crippen LogP contribution in [0.25, 0.3) is 0 Å². The fourth-order valence-electron chi connectivity index (χ4n) is 4.26. The minimum atomic E-state index is -0.931. The van der Waals surface area contributed by atoms with Gasteiger partial charge >= 0.3 is 0 Å². The quantitative estimate of drug-likeness (QED) is 0.828. The number of nitrogens with zero attached hydrogens (tertiary/aromatic N) is 3. The minimum Gasteiger partial charge on any atom is -0.487 e. The number of hydrogen-bond acceptors (Lipinski definition) is 5. The van der Waals surface area contributed by atoms with Crippen LogP contribution in [0.1, 0.15) is 37.4 Å². The summed E-state index contributed by atoms with van der Waals surface area (Å²) in [5.74, 6) is -1.42. The number of hydrogen-bond donors (Lipinski definition) is 0. The van der Waals surface area contributed by atoms with Gasteiger partial charge in [-0.3, -0.25) is 14.8 Å². The Bertz CT molecular complexity index is 889. The van der Waals surface area contributed by atoms with Crippen molar-refractivity contribution >= 4 is 5.91 Å². The number of benzene rings is 1. The van der Waals surface area contributed by atoms with Crippen LogP contribution in [0.3, 0.4) is 0 Å². The molecule has 3 heterocycles. The van der Waals surface area contributed by atoms with E-state index in [-0.39, 0.29) is 30.0 Å². The van der Waals surface area contributed by atoms with E-state index in [0.717, 1.165) is 36.7 Å². The van der Waals surface area contributed by atoms with Crippen molar-refractivity contribution in [1.82, 2.24) is 14.9 Å². The Morgan fingerprint density at radius 2 is 2.07 bits per heavy atom. The molecule has 2 aliphatic heterocycles. The molecule has 0 N–H and O–H groups in total. The SMILES string of the molecule is O=C1N2[C@@H](CC[C@H]2c2cnccn2)OC12CC(Oc1cc(F)ccc1F)C2. The van der Waals surface area contributed by atoms with Crippen molar-refractivity contribution in [1.29, 1.82) is 0 Å². The fourth-order valence-corrected chi connectivity index (χ4v) is 4.26. The van der Waals surface area contributed by atoms with E-state index >= 15 is 0 Å². The van der Waals surface area contributed by atoms with Gasteiger partial charge in [-0.25, -0.2) is 8.78 Å². The number of aromatic nitrogens is 2. The average molecular weight is 373 g/mol. The van der Waals surface area contributed by atoms with E-state index in [1.54, 1.807) is 23.5 Å². The molecule has 1 spiro atoms. The van der Waals surface area contributed by atoms with Crippen molar-refractivity contribution in [3.63, 3.8) is 0 Å². The summed E-state index contributed by atoms with van der Waals surface area (Å²) in [6.07, 6.45) is 6.36. The molecule has 2 saturated heterocycles. The van der Waals surface area contributed by atoms with Crippen molar-refractivity contribution in [2.75, 3.05) is 0 Å². The number of amides is 1. The molecule has 1 aliphatic carbocycles. The average Bonchev–Trinajstić information content (AvgIpc) is 3.17. The highest BCUT2D eigenvalue weighted by molar-refractivity contribution is 5.89. The smallest absolute Gasteiger partial charge is 0.257 e. The predicted molar refractivity (Wildman–Crippen MR) is 88.5 cm³/mol. The van der Waals surface area contributed by atoms with Crippen LogP contribution in [0.4, 0.5) is 8.78 Å².